The van der Waals surface area contributed by atoms with Crippen LogP contribution in [0.25, 0.3) is 0 Å². The highest BCUT2D eigenvalue weighted by molar-refractivity contribution is 5.87. The zero-order valence-corrected chi connectivity index (χ0v) is 19.0. The summed E-state index contributed by atoms with van der Waals surface area (Å²) in [6, 6.07) is 20.1. The van der Waals surface area contributed by atoms with Crippen molar-refractivity contribution < 1.29 is 9.59 Å². The highest BCUT2D eigenvalue weighted by Gasteiger charge is 2.28. The zero-order valence-electron chi connectivity index (χ0n) is 19.0. The fourth-order valence-electron chi connectivity index (χ4n) is 5.31. The van der Waals surface area contributed by atoms with Gasteiger partial charge in [0.05, 0.1) is 5.92 Å². The van der Waals surface area contributed by atoms with E-state index in [-0.39, 0.29) is 17.9 Å². The molecule has 0 spiro atoms. The summed E-state index contributed by atoms with van der Waals surface area (Å²) in [5.74, 6) is 0.779. The van der Waals surface area contributed by atoms with Crippen molar-refractivity contribution in [3.8, 4) is 0 Å². The van der Waals surface area contributed by atoms with Gasteiger partial charge in [-0.25, -0.2) is 0 Å². The van der Waals surface area contributed by atoms with Crippen molar-refractivity contribution in [2.75, 3.05) is 13.1 Å². The second kappa shape index (κ2) is 11.3. The number of nitrogens with one attached hydrogen (secondary N) is 1. The first-order valence-electron chi connectivity index (χ1n) is 12.4. The van der Waals surface area contributed by atoms with Crippen LogP contribution in [0.2, 0.25) is 0 Å². The van der Waals surface area contributed by atoms with Crippen LogP contribution in [-0.2, 0) is 9.59 Å². The van der Waals surface area contributed by atoms with Crippen LogP contribution >= 0.6 is 0 Å². The molecule has 2 aromatic rings. The number of nitrogens with zero attached hydrogens (tertiary/aromatic N) is 1. The van der Waals surface area contributed by atoms with Gasteiger partial charge in [-0.3, -0.25) is 9.59 Å². The van der Waals surface area contributed by atoms with Crippen LogP contribution in [0.4, 0.5) is 0 Å². The third-order valence-electron chi connectivity index (χ3n) is 7.21. The second-order valence-electron chi connectivity index (χ2n) is 9.46. The van der Waals surface area contributed by atoms with Crippen molar-refractivity contribution in [1.29, 1.82) is 0 Å². The highest BCUT2D eigenvalue weighted by atomic mass is 16.2. The molecule has 1 saturated carbocycles. The lowest BCUT2D eigenvalue weighted by atomic mass is 9.86. The quantitative estimate of drug-likeness (QED) is 0.647. The third kappa shape index (κ3) is 5.99. The summed E-state index contributed by atoms with van der Waals surface area (Å²) in [7, 11) is 0. The van der Waals surface area contributed by atoms with E-state index >= 15 is 0 Å². The Balaban J connectivity index is 1.29. The van der Waals surface area contributed by atoms with Crippen LogP contribution in [0.1, 0.15) is 74.8 Å². The Morgan fingerprint density at radius 3 is 1.94 bits per heavy atom. The van der Waals surface area contributed by atoms with Gasteiger partial charge in [-0.05, 0) is 36.3 Å². The molecular weight excluding hydrogens is 396 g/mol. The molecule has 1 heterocycles. The Bertz CT molecular complexity index is 814. The number of carbonyl (C=O) groups is 2. The number of likely N-dealkylation sites (tertiary alicyclic amines) is 1. The molecule has 1 saturated heterocycles. The Labute approximate surface area is 192 Å². The van der Waals surface area contributed by atoms with E-state index in [9.17, 15) is 9.59 Å². The second-order valence-corrected chi connectivity index (χ2v) is 9.46. The number of hydrogen-bond acceptors (Lipinski definition) is 2. The summed E-state index contributed by atoms with van der Waals surface area (Å²) >= 11 is 0. The van der Waals surface area contributed by atoms with E-state index in [1.807, 2.05) is 65.6 Å². The summed E-state index contributed by atoms with van der Waals surface area (Å²) in [5, 5.41) is 3.28. The van der Waals surface area contributed by atoms with Gasteiger partial charge in [-0.2, -0.15) is 0 Å². The molecule has 0 atom stereocenters. The van der Waals surface area contributed by atoms with Crippen molar-refractivity contribution >= 4 is 11.8 Å². The first-order valence-corrected chi connectivity index (χ1v) is 12.4. The molecule has 2 aromatic carbocycles. The molecule has 1 aliphatic heterocycles. The fraction of sp³-hybridized carbons (Fsp3) is 0.500. The molecule has 1 N–H and O–H groups in total. The maximum atomic E-state index is 13.3. The van der Waals surface area contributed by atoms with E-state index in [0.717, 1.165) is 49.4 Å². The monoisotopic (exact) mass is 432 g/mol. The molecule has 2 amide bonds. The number of hydrogen-bond donors (Lipinski definition) is 1. The van der Waals surface area contributed by atoms with Gasteiger partial charge in [0.15, 0.2) is 0 Å². The molecular formula is C28H36N2O2. The molecule has 4 rings (SSSR count). The fourth-order valence-corrected chi connectivity index (χ4v) is 5.31. The molecule has 0 radical (unpaired) electrons. The Morgan fingerprint density at radius 2 is 1.38 bits per heavy atom. The molecule has 1 aliphatic carbocycles. The Hall–Kier alpha value is -2.62. The number of piperidine rings is 1. The van der Waals surface area contributed by atoms with Crippen molar-refractivity contribution in [2.45, 2.75) is 69.7 Å². The minimum Gasteiger partial charge on any atom is -0.352 e. The van der Waals surface area contributed by atoms with Crippen LogP contribution in [0.5, 0.6) is 0 Å². The van der Waals surface area contributed by atoms with Crippen LogP contribution in [0, 0.1) is 5.92 Å². The Morgan fingerprint density at radius 1 is 0.812 bits per heavy atom. The van der Waals surface area contributed by atoms with Crippen molar-refractivity contribution in [3.63, 3.8) is 0 Å². The largest absolute Gasteiger partial charge is 0.352 e. The summed E-state index contributed by atoms with van der Waals surface area (Å²) in [5.41, 5.74) is 2.01. The minimum atomic E-state index is -0.312. The lowest BCUT2D eigenvalue weighted by molar-refractivity contribution is -0.132. The standard InChI is InChI=1S/C28H36N2O2/c31-26(17-16-22-10-4-1-5-11-22)30-20-18-25(19-21-30)29-28(32)27(23-12-6-2-7-13-23)24-14-8-3-9-15-24/h2-3,6-9,12-15,22,25,27H,1,4-5,10-11,16-21H2,(H,29,32). The molecule has 0 aromatic heterocycles. The van der Waals surface area contributed by atoms with Gasteiger partial charge in [0.2, 0.25) is 11.8 Å². The average molecular weight is 433 g/mol. The number of amides is 2. The minimum absolute atomic E-state index is 0.0458. The van der Waals surface area contributed by atoms with Crippen LogP contribution in [0.15, 0.2) is 60.7 Å². The SMILES string of the molecule is O=C(NC1CCN(C(=O)CCC2CCCCC2)CC1)C(c1ccccc1)c1ccccc1. The third-order valence-corrected chi connectivity index (χ3v) is 7.21. The van der Waals surface area contributed by atoms with E-state index in [1.54, 1.807) is 0 Å². The predicted octanol–water partition coefficient (Wildman–Crippen LogP) is 5.29. The van der Waals surface area contributed by atoms with E-state index < -0.39 is 0 Å². The maximum Gasteiger partial charge on any atom is 0.232 e. The molecule has 170 valence electrons. The van der Waals surface area contributed by atoms with Crippen LogP contribution in [0.3, 0.4) is 0 Å². The van der Waals surface area contributed by atoms with Gasteiger partial charge in [0.25, 0.3) is 0 Å². The first kappa shape index (κ1) is 22.6. The van der Waals surface area contributed by atoms with E-state index in [1.165, 1.54) is 32.1 Å². The van der Waals surface area contributed by atoms with E-state index in [4.69, 9.17) is 0 Å². The zero-order chi connectivity index (χ0) is 22.2. The molecule has 2 fully saturated rings. The topological polar surface area (TPSA) is 49.4 Å². The molecule has 4 heteroatoms. The number of carbonyl (C=O) groups excluding carboxylic acids is 2. The normalized spacial score (nSPS) is 18.0. The number of rotatable bonds is 7. The van der Waals surface area contributed by atoms with Gasteiger partial charge >= 0.3 is 0 Å². The molecule has 4 nitrogen and oxygen atoms in total. The maximum absolute atomic E-state index is 13.3. The van der Waals surface area contributed by atoms with E-state index in [2.05, 4.69) is 5.32 Å². The van der Waals surface area contributed by atoms with Crippen LogP contribution < -0.4 is 5.32 Å². The van der Waals surface area contributed by atoms with Gasteiger partial charge in [0.1, 0.15) is 0 Å². The average Bonchev–Trinajstić information content (AvgIpc) is 2.85. The lowest BCUT2D eigenvalue weighted by Gasteiger charge is -2.33. The molecule has 2 aliphatic rings. The van der Waals surface area contributed by atoms with Gasteiger partial charge in [-0.1, -0.05) is 92.8 Å². The summed E-state index contributed by atoms with van der Waals surface area (Å²) in [6.07, 6.45) is 10.0. The van der Waals surface area contributed by atoms with Gasteiger partial charge < -0.3 is 10.2 Å². The van der Waals surface area contributed by atoms with Gasteiger partial charge in [0, 0.05) is 25.6 Å². The first-order chi connectivity index (χ1) is 15.7. The molecule has 0 bridgehead atoms. The van der Waals surface area contributed by atoms with Crippen molar-refractivity contribution in [1.82, 2.24) is 10.2 Å². The van der Waals surface area contributed by atoms with Gasteiger partial charge in [-0.15, -0.1) is 0 Å². The number of benzene rings is 2. The van der Waals surface area contributed by atoms with E-state index in [0.29, 0.717) is 12.3 Å². The predicted molar refractivity (Wildman–Crippen MR) is 128 cm³/mol. The Kier molecular flexibility index (Phi) is 7.97. The lowest BCUT2D eigenvalue weighted by Crippen LogP contribution is -2.47. The summed E-state index contributed by atoms with van der Waals surface area (Å²) in [6.45, 7) is 1.49. The molecule has 0 unspecified atom stereocenters. The van der Waals surface area contributed by atoms with Crippen molar-refractivity contribution in [2.24, 2.45) is 5.92 Å². The summed E-state index contributed by atoms with van der Waals surface area (Å²) in [4.78, 5) is 28.0. The smallest absolute Gasteiger partial charge is 0.232 e. The van der Waals surface area contributed by atoms with Crippen LogP contribution in [-0.4, -0.2) is 35.8 Å². The summed E-state index contributed by atoms with van der Waals surface area (Å²) < 4.78 is 0. The molecule has 32 heavy (non-hydrogen) atoms. The van der Waals surface area contributed by atoms with Crippen molar-refractivity contribution in [3.05, 3.63) is 71.8 Å². The highest BCUT2D eigenvalue weighted by Crippen LogP contribution is 2.28.